The Morgan fingerprint density at radius 1 is 1.07 bits per heavy atom. The molecule has 0 amide bonds. The summed E-state index contributed by atoms with van der Waals surface area (Å²) < 4.78 is 5.46. The zero-order valence-electron chi connectivity index (χ0n) is 16.2. The highest BCUT2D eigenvalue weighted by Gasteiger charge is 2.47. The minimum Gasteiger partial charge on any atom is -0.448 e. The number of carbonyl (C=O) groups excluding carboxylic acids is 1. The highest BCUT2D eigenvalue weighted by Crippen LogP contribution is 2.48. The van der Waals surface area contributed by atoms with Gasteiger partial charge in [-0.3, -0.25) is 9.69 Å². The van der Waals surface area contributed by atoms with E-state index in [2.05, 4.69) is 64.8 Å². The van der Waals surface area contributed by atoms with Gasteiger partial charge >= 0.3 is 0 Å². The zero-order chi connectivity index (χ0) is 19.0. The third-order valence-corrected chi connectivity index (χ3v) is 6.76. The van der Waals surface area contributed by atoms with Crippen molar-refractivity contribution in [2.45, 2.75) is 50.4 Å². The Morgan fingerprint density at radius 2 is 1.82 bits per heavy atom. The first-order valence-electron chi connectivity index (χ1n) is 10.4. The van der Waals surface area contributed by atoms with E-state index in [1.807, 2.05) is 0 Å². The first-order chi connectivity index (χ1) is 13.8. The van der Waals surface area contributed by atoms with Gasteiger partial charge in [-0.1, -0.05) is 54.6 Å². The van der Waals surface area contributed by atoms with Crippen LogP contribution >= 0.6 is 0 Å². The van der Waals surface area contributed by atoms with E-state index >= 15 is 0 Å². The quantitative estimate of drug-likeness (QED) is 0.717. The van der Waals surface area contributed by atoms with Gasteiger partial charge in [-0.15, -0.1) is 0 Å². The molecule has 3 aliphatic rings. The number of hydrogen-bond donors (Lipinski definition) is 1. The van der Waals surface area contributed by atoms with E-state index in [9.17, 15) is 4.79 Å². The highest BCUT2D eigenvalue weighted by atomic mass is 16.5. The lowest BCUT2D eigenvalue weighted by Gasteiger charge is -2.37. The summed E-state index contributed by atoms with van der Waals surface area (Å²) in [6.45, 7) is 3.53. The minimum absolute atomic E-state index is 0.136. The molecule has 4 nitrogen and oxygen atoms in total. The predicted octanol–water partition coefficient (Wildman–Crippen LogP) is 3.47. The average Bonchev–Trinajstić information content (AvgIpc) is 3.64. The number of carbonyl (C=O) groups is 1. The lowest BCUT2D eigenvalue weighted by molar-refractivity contribution is -0.146. The van der Waals surface area contributed by atoms with Crippen molar-refractivity contribution in [3.8, 4) is 0 Å². The summed E-state index contributed by atoms with van der Waals surface area (Å²) in [6.07, 6.45) is 4.41. The Labute approximate surface area is 166 Å². The largest absolute Gasteiger partial charge is 0.448 e. The van der Waals surface area contributed by atoms with Gasteiger partial charge in [-0.05, 0) is 41.4 Å². The second-order valence-corrected chi connectivity index (χ2v) is 8.81. The van der Waals surface area contributed by atoms with Crippen molar-refractivity contribution < 1.29 is 9.53 Å². The van der Waals surface area contributed by atoms with Gasteiger partial charge in [-0.25, -0.2) is 0 Å². The van der Waals surface area contributed by atoms with E-state index in [1.54, 1.807) is 0 Å². The van der Waals surface area contributed by atoms with E-state index in [0.29, 0.717) is 23.8 Å². The molecule has 0 unspecified atom stereocenters. The standard InChI is InChI=1S/C24H28N2O2/c27-17-28-23-12-19-8-4-5-9-20(19)14-26(23)16-24(10-11-24)15-25-22-13-21(22)18-6-2-1-3-7-18/h1-9,17,21-23,25H,10-16H2/t21-,22+,23+/m1/s1. The Morgan fingerprint density at radius 3 is 2.57 bits per heavy atom. The SMILES string of the molecule is O=CO[C@H]1Cc2ccccc2CN1CC1(CN[C@H]2C[C@@H]2c2ccccc2)CC1. The highest BCUT2D eigenvalue weighted by molar-refractivity contribution is 5.38. The minimum atomic E-state index is -0.136. The van der Waals surface area contributed by atoms with E-state index in [1.165, 1.54) is 36.0 Å². The summed E-state index contributed by atoms with van der Waals surface area (Å²) in [5, 5.41) is 3.83. The van der Waals surface area contributed by atoms with Crippen LogP contribution < -0.4 is 5.32 Å². The number of benzene rings is 2. The average molecular weight is 377 g/mol. The van der Waals surface area contributed by atoms with Gasteiger partial charge in [0, 0.05) is 38.0 Å². The summed E-state index contributed by atoms with van der Waals surface area (Å²) in [6, 6.07) is 20.0. The van der Waals surface area contributed by atoms with Gasteiger partial charge in [0.15, 0.2) is 6.23 Å². The van der Waals surface area contributed by atoms with E-state index < -0.39 is 0 Å². The third kappa shape index (κ3) is 3.71. The summed E-state index contributed by atoms with van der Waals surface area (Å²) in [4.78, 5) is 13.4. The molecule has 146 valence electrons. The predicted molar refractivity (Wildman–Crippen MR) is 109 cm³/mol. The van der Waals surface area contributed by atoms with Gasteiger partial charge in [0.05, 0.1) is 0 Å². The lowest BCUT2D eigenvalue weighted by atomic mass is 9.96. The molecule has 5 rings (SSSR count). The van der Waals surface area contributed by atoms with Crippen LogP contribution in [0, 0.1) is 5.41 Å². The lowest BCUT2D eigenvalue weighted by Crippen LogP contribution is -2.46. The number of ether oxygens (including phenoxy) is 1. The molecule has 0 spiro atoms. The fourth-order valence-electron chi connectivity index (χ4n) is 4.74. The molecule has 0 aromatic heterocycles. The van der Waals surface area contributed by atoms with Crippen LogP contribution in [0.4, 0.5) is 0 Å². The van der Waals surface area contributed by atoms with Crippen molar-refractivity contribution in [1.29, 1.82) is 0 Å². The molecule has 0 saturated heterocycles. The number of rotatable bonds is 8. The zero-order valence-corrected chi connectivity index (χ0v) is 16.2. The van der Waals surface area contributed by atoms with Gasteiger partial charge in [0.1, 0.15) is 0 Å². The Kier molecular flexibility index (Phi) is 4.69. The van der Waals surface area contributed by atoms with Crippen LogP contribution in [0.25, 0.3) is 0 Å². The van der Waals surface area contributed by atoms with Gasteiger partial charge in [0.25, 0.3) is 6.47 Å². The Hall–Kier alpha value is -2.17. The van der Waals surface area contributed by atoms with Crippen molar-refractivity contribution >= 4 is 6.47 Å². The first kappa shape index (κ1) is 17.9. The van der Waals surface area contributed by atoms with E-state index in [4.69, 9.17) is 4.74 Å². The maximum atomic E-state index is 11.0. The molecular formula is C24H28N2O2. The van der Waals surface area contributed by atoms with Gasteiger partial charge in [0.2, 0.25) is 0 Å². The molecule has 2 fully saturated rings. The van der Waals surface area contributed by atoms with Crippen LogP contribution in [0.2, 0.25) is 0 Å². The Balaban J connectivity index is 1.20. The van der Waals surface area contributed by atoms with Crippen LogP contribution in [-0.4, -0.2) is 36.7 Å². The molecule has 4 heteroatoms. The second-order valence-electron chi connectivity index (χ2n) is 8.81. The smallest absolute Gasteiger partial charge is 0.294 e. The molecule has 1 heterocycles. The van der Waals surface area contributed by atoms with Crippen LogP contribution in [0.5, 0.6) is 0 Å². The fraction of sp³-hybridized carbons (Fsp3) is 0.458. The van der Waals surface area contributed by atoms with Crippen LogP contribution in [0.15, 0.2) is 54.6 Å². The molecule has 1 aliphatic heterocycles. The van der Waals surface area contributed by atoms with Crippen molar-refractivity contribution in [3.63, 3.8) is 0 Å². The maximum Gasteiger partial charge on any atom is 0.294 e. The second kappa shape index (κ2) is 7.34. The van der Waals surface area contributed by atoms with Crippen LogP contribution in [0.1, 0.15) is 41.9 Å². The summed E-state index contributed by atoms with van der Waals surface area (Å²) in [7, 11) is 0. The molecule has 0 radical (unpaired) electrons. The first-order valence-corrected chi connectivity index (χ1v) is 10.4. The molecular weight excluding hydrogens is 348 g/mol. The summed E-state index contributed by atoms with van der Waals surface area (Å²) in [5.41, 5.74) is 4.46. The summed E-state index contributed by atoms with van der Waals surface area (Å²) >= 11 is 0. The van der Waals surface area contributed by atoms with Crippen molar-refractivity contribution in [1.82, 2.24) is 10.2 Å². The number of hydrogen-bond acceptors (Lipinski definition) is 4. The normalized spacial score (nSPS) is 27.6. The van der Waals surface area contributed by atoms with Crippen LogP contribution in [0.3, 0.4) is 0 Å². The van der Waals surface area contributed by atoms with Crippen molar-refractivity contribution in [2.24, 2.45) is 5.41 Å². The molecule has 1 N–H and O–H groups in total. The number of nitrogens with one attached hydrogen (secondary N) is 1. The molecule has 3 atom stereocenters. The maximum absolute atomic E-state index is 11.0. The fourth-order valence-corrected chi connectivity index (χ4v) is 4.74. The molecule has 2 aromatic carbocycles. The van der Waals surface area contributed by atoms with E-state index in [-0.39, 0.29) is 6.23 Å². The molecule has 28 heavy (non-hydrogen) atoms. The number of nitrogens with zero attached hydrogens (tertiary/aromatic N) is 1. The molecule has 2 saturated carbocycles. The Bertz CT molecular complexity index is 834. The third-order valence-electron chi connectivity index (χ3n) is 6.76. The van der Waals surface area contributed by atoms with Gasteiger partial charge in [-0.2, -0.15) is 0 Å². The number of fused-ring (bicyclic) bond motifs is 1. The van der Waals surface area contributed by atoms with Crippen LogP contribution in [-0.2, 0) is 22.5 Å². The monoisotopic (exact) mass is 376 g/mol. The summed E-state index contributed by atoms with van der Waals surface area (Å²) in [5.74, 6) is 0.671. The van der Waals surface area contributed by atoms with Gasteiger partial charge < -0.3 is 10.1 Å². The van der Waals surface area contributed by atoms with Crippen molar-refractivity contribution in [2.75, 3.05) is 13.1 Å². The van der Waals surface area contributed by atoms with Crippen molar-refractivity contribution in [3.05, 3.63) is 71.3 Å². The topological polar surface area (TPSA) is 41.6 Å². The van der Waals surface area contributed by atoms with E-state index in [0.717, 1.165) is 26.1 Å². The molecule has 0 bridgehead atoms. The molecule has 2 aliphatic carbocycles. The molecule has 2 aromatic rings.